The Morgan fingerprint density at radius 1 is 1.21 bits per heavy atom. The summed E-state index contributed by atoms with van der Waals surface area (Å²) in [5.74, 6) is 1.46. The van der Waals surface area contributed by atoms with E-state index in [2.05, 4.69) is 15.0 Å². The van der Waals surface area contributed by atoms with Crippen LogP contribution in [0.5, 0.6) is 5.75 Å². The van der Waals surface area contributed by atoms with Gasteiger partial charge >= 0.3 is 0 Å². The summed E-state index contributed by atoms with van der Waals surface area (Å²) in [6, 6.07) is 7.87. The lowest BCUT2D eigenvalue weighted by atomic mass is 10.1. The van der Waals surface area contributed by atoms with Gasteiger partial charge in [0.15, 0.2) is 5.82 Å². The molecule has 0 aliphatic carbocycles. The Morgan fingerprint density at radius 3 is 2.58 bits per heavy atom. The van der Waals surface area contributed by atoms with Gasteiger partial charge in [-0.3, -0.25) is 4.99 Å². The summed E-state index contributed by atoms with van der Waals surface area (Å²) in [6.45, 7) is 3.97. The summed E-state index contributed by atoms with van der Waals surface area (Å²) in [4.78, 5) is 12.9. The molecule has 98 valence electrons. The summed E-state index contributed by atoms with van der Waals surface area (Å²) < 4.78 is 5.33. The Balaban J connectivity index is 2.16. The van der Waals surface area contributed by atoms with Crippen LogP contribution >= 0.6 is 0 Å². The predicted octanol–water partition coefficient (Wildman–Crippen LogP) is 2.97. The highest BCUT2D eigenvalue weighted by Crippen LogP contribution is 2.26. The SMILES string of the molecule is COc1ccccc1C(C)/N=C/c1ncc(C)cn1. The third kappa shape index (κ3) is 3.37. The smallest absolute Gasteiger partial charge is 0.170 e. The second-order valence-corrected chi connectivity index (χ2v) is 4.31. The van der Waals surface area contributed by atoms with Gasteiger partial charge in [-0.25, -0.2) is 9.97 Å². The van der Waals surface area contributed by atoms with Gasteiger partial charge in [-0.15, -0.1) is 0 Å². The molecule has 0 N–H and O–H groups in total. The van der Waals surface area contributed by atoms with Crippen LogP contribution in [0.4, 0.5) is 0 Å². The van der Waals surface area contributed by atoms with Gasteiger partial charge in [0.05, 0.1) is 19.4 Å². The number of nitrogens with zero attached hydrogens (tertiary/aromatic N) is 3. The zero-order chi connectivity index (χ0) is 13.7. The first-order valence-corrected chi connectivity index (χ1v) is 6.15. The van der Waals surface area contributed by atoms with Crippen molar-refractivity contribution in [2.24, 2.45) is 4.99 Å². The fourth-order valence-corrected chi connectivity index (χ4v) is 1.74. The molecule has 1 atom stereocenters. The third-order valence-corrected chi connectivity index (χ3v) is 2.80. The molecular formula is C15H17N3O. The van der Waals surface area contributed by atoms with Crippen LogP contribution in [0.15, 0.2) is 41.7 Å². The normalized spacial score (nSPS) is 12.6. The Bertz CT molecular complexity index is 564. The van der Waals surface area contributed by atoms with Gasteiger partial charge in [0.2, 0.25) is 0 Å². The van der Waals surface area contributed by atoms with Crippen LogP contribution in [0.1, 0.15) is 29.9 Å². The monoisotopic (exact) mass is 255 g/mol. The number of rotatable bonds is 4. The minimum atomic E-state index is 0.000975. The highest BCUT2D eigenvalue weighted by molar-refractivity contribution is 5.74. The highest BCUT2D eigenvalue weighted by atomic mass is 16.5. The molecule has 1 unspecified atom stereocenters. The molecule has 0 radical (unpaired) electrons. The maximum Gasteiger partial charge on any atom is 0.170 e. The van der Waals surface area contributed by atoms with Crippen molar-refractivity contribution in [1.29, 1.82) is 0 Å². The zero-order valence-corrected chi connectivity index (χ0v) is 11.4. The third-order valence-electron chi connectivity index (χ3n) is 2.80. The van der Waals surface area contributed by atoms with Crippen molar-refractivity contribution < 1.29 is 4.74 Å². The second kappa shape index (κ2) is 6.09. The maximum absolute atomic E-state index is 5.33. The standard InChI is InChI=1S/C15H17N3O/c1-11-8-17-15(18-9-11)10-16-12(2)13-6-4-5-7-14(13)19-3/h4-10,12H,1-3H3/b16-10+. The lowest BCUT2D eigenvalue weighted by Gasteiger charge is -2.11. The quantitative estimate of drug-likeness (QED) is 0.789. The molecule has 2 rings (SSSR count). The van der Waals surface area contributed by atoms with Gasteiger partial charge in [0.1, 0.15) is 5.75 Å². The summed E-state index contributed by atoms with van der Waals surface area (Å²) in [6.07, 6.45) is 5.25. The highest BCUT2D eigenvalue weighted by Gasteiger charge is 2.08. The number of ether oxygens (including phenoxy) is 1. The molecule has 0 aliphatic rings. The average molecular weight is 255 g/mol. The number of aryl methyl sites for hydroxylation is 1. The lowest BCUT2D eigenvalue weighted by Crippen LogP contribution is -1.98. The van der Waals surface area contributed by atoms with Crippen LogP contribution in [-0.4, -0.2) is 23.3 Å². The van der Waals surface area contributed by atoms with Crippen LogP contribution in [0.25, 0.3) is 0 Å². The molecule has 0 saturated carbocycles. The fourth-order valence-electron chi connectivity index (χ4n) is 1.74. The topological polar surface area (TPSA) is 47.4 Å². The van der Waals surface area contributed by atoms with Crippen LogP contribution < -0.4 is 4.74 Å². The van der Waals surface area contributed by atoms with Crippen molar-refractivity contribution >= 4 is 6.21 Å². The lowest BCUT2D eigenvalue weighted by molar-refractivity contribution is 0.407. The van der Waals surface area contributed by atoms with Crippen molar-refractivity contribution in [2.75, 3.05) is 7.11 Å². The van der Waals surface area contributed by atoms with Gasteiger partial charge < -0.3 is 4.74 Å². The Morgan fingerprint density at radius 2 is 1.89 bits per heavy atom. The first-order chi connectivity index (χ1) is 9.20. The minimum absolute atomic E-state index is 0.000975. The second-order valence-electron chi connectivity index (χ2n) is 4.31. The van der Waals surface area contributed by atoms with E-state index in [1.165, 1.54) is 0 Å². The molecular weight excluding hydrogens is 238 g/mol. The number of benzene rings is 1. The molecule has 19 heavy (non-hydrogen) atoms. The van der Waals surface area contributed by atoms with E-state index >= 15 is 0 Å². The molecule has 0 amide bonds. The van der Waals surface area contributed by atoms with Crippen molar-refractivity contribution in [1.82, 2.24) is 9.97 Å². The van der Waals surface area contributed by atoms with E-state index in [9.17, 15) is 0 Å². The number of aliphatic imine (C=N–C) groups is 1. The van der Waals surface area contributed by atoms with Crippen molar-refractivity contribution in [3.8, 4) is 5.75 Å². The van der Waals surface area contributed by atoms with Crippen molar-refractivity contribution in [3.63, 3.8) is 0 Å². The van der Waals surface area contributed by atoms with Crippen LogP contribution in [0.2, 0.25) is 0 Å². The predicted molar refractivity (Wildman–Crippen MR) is 75.8 cm³/mol. The largest absolute Gasteiger partial charge is 0.496 e. The van der Waals surface area contributed by atoms with Gasteiger partial charge in [-0.05, 0) is 25.5 Å². The first kappa shape index (κ1) is 13.2. The number of hydrogen-bond acceptors (Lipinski definition) is 4. The molecule has 1 aromatic carbocycles. The average Bonchev–Trinajstić information content (AvgIpc) is 2.46. The summed E-state index contributed by atoms with van der Waals surface area (Å²) in [5, 5.41) is 0. The molecule has 1 aromatic heterocycles. The number of para-hydroxylation sites is 1. The minimum Gasteiger partial charge on any atom is -0.496 e. The molecule has 2 aromatic rings. The number of methoxy groups -OCH3 is 1. The van der Waals surface area contributed by atoms with E-state index < -0.39 is 0 Å². The summed E-state index contributed by atoms with van der Waals surface area (Å²) in [7, 11) is 1.67. The van der Waals surface area contributed by atoms with Crippen LogP contribution in [-0.2, 0) is 0 Å². The Kier molecular flexibility index (Phi) is 4.23. The van der Waals surface area contributed by atoms with E-state index in [4.69, 9.17) is 4.74 Å². The van der Waals surface area contributed by atoms with Gasteiger partial charge in [-0.1, -0.05) is 18.2 Å². The summed E-state index contributed by atoms with van der Waals surface area (Å²) in [5.41, 5.74) is 2.09. The molecule has 0 fully saturated rings. The van der Waals surface area contributed by atoms with E-state index in [0.717, 1.165) is 16.9 Å². The number of aromatic nitrogens is 2. The van der Waals surface area contributed by atoms with E-state index in [1.807, 2.05) is 38.1 Å². The van der Waals surface area contributed by atoms with Gasteiger partial charge in [-0.2, -0.15) is 0 Å². The zero-order valence-electron chi connectivity index (χ0n) is 11.4. The molecule has 0 spiro atoms. The molecule has 4 nitrogen and oxygen atoms in total. The Hall–Kier alpha value is -2.23. The molecule has 0 aliphatic heterocycles. The molecule has 0 saturated heterocycles. The van der Waals surface area contributed by atoms with Crippen LogP contribution in [0.3, 0.4) is 0 Å². The molecule has 4 heteroatoms. The van der Waals surface area contributed by atoms with Gasteiger partial charge in [0.25, 0.3) is 0 Å². The fraction of sp³-hybridized carbons (Fsp3) is 0.267. The number of hydrogen-bond donors (Lipinski definition) is 0. The maximum atomic E-state index is 5.33. The van der Waals surface area contributed by atoms with E-state index in [0.29, 0.717) is 5.82 Å². The van der Waals surface area contributed by atoms with Crippen molar-refractivity contribution in [2.45, 2.75) is 19.9 Å². The van der Waals surface area contributed by atoms with Crippen LogP contribution in [0, 0.1) is 6.92 Å². The molecule has 0 bridgehead atoms. The Labute approximate surface area is 113 Å². The first-order valence-electron chi connectivity index (χ1n) is 6.15. The van der Waals surface area contributed by atoms with Gasteiger partial charge in [0, 0.05) is 18.0 Å². The summed E-state index contributed by atoms with van der Waals surface area (Å²) >= 11 is 0. The molecule has 1 heterocycles. The van der Waals surface area contributed by atoms with E-state index in [-0.39, 0.29) is 6.04 Å². The van der Waals surface area contributed by atoms with Crippen molar-refractivity contribution in [3.05, 3.63) is 53.6 Å². The van der Waals surface area contributed by atoms with E-state index in [1.54, 1.807) is 25.7 Å².